The number of ether oxygens (including phenoxy) is 1. The number of allylic oxidation sites excluding steroid dienone is 1. The van der Waals surface area contributed by atoms with Crippen molar-refractivity contribution in [2.45, 2.75) is 33.2 Å². The maximum atomic E-state index is 12.4. The molecule has 1 aromatic carbocycles. The van der Waals surface area contributed by atoms with Gasteiger partial charge in [0, 0.05) is 13.0 Å². The minimum absolute atomic E-state index is 0.0511. The number of nitrogens with zero attached hydrogens (tertiary/aromatic N) is 2. The van der Waals surface area contributed by atoms with Gasteiger partial charge >= 0.3 is 0 Å². The highest BCUT2D eigenvalue weighted by molar-refractivity contribution is 5.79. The lowest BCUT2D eigenvalue weighted by atomic mass is 10.2. The van der Waals surface area contributed by atoms with E-state index in [1.165, 1.54) is 5.57 Å². The van der Waals surface area contributed by atoms with E-state index in [0.717, 1.165) is 30.7 Å². The second-order valence-electron chi connectivity index (χ2n) is 5.36. The minimum atomic E-state index is 0.0511. The van der Waals surface area contributed by atoms with E-state index in [0.29, 0.717) is 17.7 Å². The highest BCUT2D eigenvalue weighted by Crippen LogP contribution is 2.19. The maximum absolute atomic E-state index is 12.4. The third-order valence-corrected chi connectivity index (χ3v) is 3.53. The summed E-state index contributed by atoms with van der Waals surface area (Å²) in [4.78, 5) is 17.0. The Hall–Kier alpha value is -2.10. The van der Waals surface area contributed by atoms with E-state index in [9.17, 15) is 4.79 Å². The van der Waals surface area contributed by atoms with Crippen molar-refractivity contribution in [3.05, 3.63) is 46.0 Å². The van der Waals surface area contributed by atoms with Crippen molar-refractivity contribution in [1.29, 1.82) is 0 Å². The molecule has 1 aliphatic rings. The summed E-state index contributed by atoms with van der Waals surface area (Å²) in [5.41, 5.74) is 2.03. The molecule has 0 N–H and O–H groups in total. The first-order chi connectivity index (χ1) is 9.65. The number of aryl methyl sites for hydroxylation is 1. The Balaban J connectivity index is 1.99. The van der Waals surface area contributed by atoms with E-state index in [4.69, 9.17) is 4.74 Å². The van der Waals surface area contributed by atoms with Crippen LogP contribution in [0.1, 0.15) is 26.1 Å². The zero-order valence-electron chi connectivity index (χ0n) is 11.8. The molecule has 2 heterocycles. The van der Waals surface area contributed by atoms with E-state index in [1.54, 1.807) is 10.6 Å². The predicted molar refractivity (Wildman–Crippen MR) is 79.3 cm³/mol. The van der Waals surface area contributed by atoms with Crippen LogP contribution in [0, 0.1) is 0 Å². The SMILES string of the molecule is CC(C)=CCOc1ccc2nc3n(c(=O)c2c1)CCC3. The lowest BCUT2D eigenvalue weighted by molar-refractivity contribution is 0.362. The quantitative estimate of drug-likeness (QED) is 0.805. The normalized spacial score (nSPS) is 13.3. The van der Waals surface area contributed by atoms with E-state index in [1.807, 2.05) is 32.1 Å². The van der Waals surface area contributed by atoms with Crippen molar-refractivity contribution in [2.24, 2.45) is 0 Å². The van der Waals surface area contributed by atoms with Gasteiger partial charge in [0.25, 0.3) is 5.56 Å². The topological polar surface area (TPSA) is 44.1 Å². The molecular weight excluding hydrogens is 252 g/mol. The van der Waals surface area contributed by atoms with Crippen LogP contribution in [-0.2, 0) is 13.0 Å². The van der Waals surface area contributed by atoms with Crippen molar-refractivity contribution in [1.82, 2.24) is 9.55 Å². The van der Waals surface area contributed by atoms with Crippen molar-refractivity contribution < 1.29 is 4.74 Å². The van der Waals surface area contributed by atoms with Gasteiger partial charge in [-0.15, -0.1) is 0 Å². The molecule has 4 heteroatoms. The lowest BCUT2D eigenvalue weighted by Gasteiger charge is -2.07. The molecular formula is C16H18N2O2. The Kier molecular flexibility index (Phi) is 3.30. The Morgan fingerprint density at radius 3 is 3.10 bits per heavy atom. The zero-order valence-corrected chi connectivity index (χ0v) is 11.8. The maximum Gasteiger partial charge on any atom is 0.261 e. The second-order valence-corrected chi connectivity index (χ2v) is 5.36. The fourth-order valence-electron chi connectivity index (χ4n) is 2.46. The van der Waals surface area contributed by atoms with Gasteiger partial charge < -0.3 is 4.74 Å². The number of hydrogen-bond donors (Lipinski definition) is 0. The molecule has 0 aliphatic carbocycles. The number of hydrogen-bond acceptors (Lipinski definition) is 3. The Morgan fingerprint density at radius 2 is 2.30 bits per heavy atom. The Bertz CT molecular complexity index is 740. The molecule has 20 heavy (non-hydrogen) atoms. The van der Waals surface area contributed by atoms with Gasteiger partial charge in [0.05, 0.1) is 10.9 Å². The van der Waals surface area contributed by atoms with E-state index < -0.39 is 0 Å². The molecule has 0 saturated heterocycles. The van der Waals surface area contributed by atoms with E-state index in [-0.39, 0.29) is 5.56 Å². The lowest BCUT2D eigenvalue weighted by Crippen LogP contribution is -2.20. The van der Waals surface area contributed by atoms with Gasteiger partial charge in [0.2, 0.25) is 0 Å². The van der Waals surface area contributed by atoms with E-state index in [2.05, 4.69) is 4.98 Å². The van der Waals surface area contributed by atoms with Gasteiger partial charge in [-0.1, -0.05) is 5.57 Å². The first-order valence-corrected chi connectivity index (χ1v) is 6.95. The largest absolute Gasteiger partial charge is 0.490 e. The highest BCUT2D eigenvalue weighted by Gasteiger charge is 2.16. The summed E-state index contributed by atoms with van der Waals surface area (Å²) < 4.78 is 7.43. The molecule has 0 unspecified atom stereocenters. The first kappa shape index (κ1) is 12.9. The second kappa shape index (κ2) is 5.12. The monoisotopic (exact) mass is 270 g/mol. The molecule has 0 saturated carbocycles. The molecule has 0 radical (unpaired) electrons. The molecule has 0 atom stereocenters. The zero-order chi connectivity index (χ0) is 14.1. The van der Waals surface area contributed by atoms with Crippen LogP contribution in [0.5, 0.6) is 5.75 Å². The minimum Gasteiger partial charge on any atom is -0.490 e. The number of fused-ring (bicyclic) bond motifs is 2. The molecule has 0 bridgehead atoms. The van der Waals surface area contributed by atoms with Crippen molar-refractivity contribution in [3.63, 3.8) is 0 Å². The summed E-state index contributed by atoms with van der Waals surface area (Å²) in [6.07, 6.45) is 3.91. The molecule has 2 aromatic rings. The number of benzene rings is 1. The molecule has 3 rings (SSSR count). The summed E-state index contributed by atoms with van der Waals surface area (Å²) >= 11 is 0. The van der Waals surface area contributed by atoms with Gasteiger partial charge in [-0.3, -0.25) is 9.36 Å². The van der Waals surface area contributed by atoms with Gasteiger partial charge in [0.1, 0.15) is 18.2 Å². The Labute approximate surface area is 117 Å². The van der Waals surface area contributed by atoms with Crippen LogP contribution < -0.4 is 10.3 Å². The average Bonchev–Trinajstić information content (AvgIpc) is 2.88. The molecule has 4 nitrogen and oxygen atoms in total. The van der Waals surface area contributed by atoms with Crippen LogP contribution >= 0.6 is 0 Å². The first-order valence-electron chi connectivity index (χ1n) is 6.95. The van der Waals surface area contributed by atoms with Gasteiger partial charge in [-0.25, -0.2) is 4.98 Å². The molecule has 0 amide bonds. The summed E-state index contributed by atoms with van der Waals surface area (Å²) in [5, 5.41) is 0.644. The van der Waals surface area contributed by atoms with Crippen LogP contribution in [-0.4, -0.2) is 16.2 Å². The van der Waals surface area contributed by atoms with Crippen LogP contribution in [0.25, 0.3) is 10.9 Å². The van der Waals surface area contributed by atoms with Crippen LogP contribution in [0.3, 0.4) is 0 Å². The fraction of sp³-hybridized carbons (Fsp3) is 0.375. The van der Waals surface area contributed by atoms with Crippen molar-refractivity contribution in [2.75, 3.05) is 6.61 Å². The third-order valence-electron chi connectivity index (χ3n) is 3.53. The summed E-state index contributed by atoms with van der Waals surface area (Å²) in [7, 11) is 0. The smallest absolute Gasteiger partial charge is 0.261 e. The summed E-state index contributed by atoms with van der Waals surface area (Å²) in [6, 6.07) is 5.54. The third kappa shape index (κ3) is 2.33. The molecule has 1 aliphatic heterocycles. The van der Waals surface area contributed by atoms with Crippen LogP contribution in [0.2, 0.25) is 0 Å². The summed E-state index contributed by atoms with van der Waals surface area (Å²) in [5.74, 6) is 1.62. The average molecular weight is 270 g/mol. The predicted octanol–water partition coefficient (Wildman–Crippen LogP) is 2.69. The van der Waals surface area contributed by atoms with Gasteiger partial charge in [-0.2, -0.15) is 0 Å². The molecule has 1 aromatic heterocycles. The molecule has 104 valence electrons. The summed E-state index contributed by atoms with van der Waals surface area (Å²) in [6.45, 7) is 5.36. The highest BCUT2D eigenvalue weighted by atomic mass is 16.5. The molecule has 0 spiro atoms. The van der Waals surface area contributed by atoms with Crippen LogP contribution in [0.15, 0.2) is 34.6 Å². The van der Waals surface area contributed by atoms with Gasteiger partial charge in [-0.05, 0) is 44.5 Å². The fourth-order valence-corrected chi connectivity index (χ4v) is 2.46. The Morgan fingerprint density at radius 1 is 1.45 bits per heavy atom. The van der Waals surface area contributed by atoms with Gasteiger partial charge in [0.15, 0.2) is 0 Å². The van der Waals surface area contributed by atoms with Crippen molar-refractivity contribution >= 4 is 10.9 Å². The molecule has 0 fully saturated rings. The standard InChI is InChI=1S/C16H18N2O2/c1-11(2)7-9-20-12-5-6-14-13(10-12)16(19)18-8-3-4-15(18)17-14/h5-7,10H,3-4,8-9H2,1-2H3. The number of aromatic nitrogens is 2. The van der Waals surface area contributed by atoms with Crippen LogP contribution in [0.4, 0.5) is 0 Å². The number of rotatable bonds is 3. The van der Waals surface area contributed by atoms with Crippen molar-refractivity contribution in [3.8, 4) is 5.75 Å². The van der Waals surface area contributed by atoms with E-state index >= 15 is 0 Å².